The first-order valence-electron chi connectivity index (χ1n) is 7.82. The second-order valence-corrected chi connectivity index (χ2v) is 6.44. The van der Waals surface area contributed by atoms with Crippen LogP contribution >= 0.6 is 15.9 Å². The fourth-order valence-corrected chi connectivity index (χ4v) is 3.11. The Morgan fingerprint density at radius 1 is 1.35 bits per heavy atom. The summed E-state index contributed by atoms with van der Waals surface area (Å²) >= 11 is 3.43. The number of anilines is 1. The zero-order chi connectivity index (χ0) is 18.7. The number of halogens is 1. The van der Waals surface area contributed by atoms with E-state index in [-0.39, 0.29) is 6.61 Å². The highest BCUT2D eigenvalue weighted by atomic mass is 79.9. The second kappa shape index (κ2) is 7.83. The zero-order valence-electron chi connectivity index (χ0n) is 14.5. The van der Waals surface area contributed by atoms with Gasteiger partial charge in [-0.1, -0.05) is 27.1 Å². The van der Waals surface area contributed by atoms with Crippen LogP contribution in [0.3, 0.4) is 0 Å². The van der Waals surface area contributed by atoms with Crippen molar-refractivity contribution in [3.05, 3.63) is 39.5 Å². The molecule has 0 fully saturated rings. The normalized spacial score (nSPS) is 16.1. The van der Waals surface area contributed by atoms with Crippen LogP contribution in [0.1, 0.15) is 18.5 Å². The fraction of sp³-hybridized carbons (Fsp3) is 0.375. The van der Waals surface area contributed by atoms with Crippen LogP contribution in [0, 0.1) is 0 Å². The number of rotatable bonds is 6. The largest absolute Gasteiger partial charge is 0.496 e. The third-order valence-electron chi connectivity index (χ3n) is 3.94. The molecule has 1 aliphatic rings. The molecule has 26 heavy (non-hydrogen) atoms. The van der Waals surface area contributed by atoms with Gasteiger partial charge < -0.3 is 19.5 Å². The third-order valence-corrected chi connectivity index (χ3v) is 4.44. The Morgan fingerprint density at radius 3 is 2.88 bits per heavy atom. The number of allylic oxidation sites excluding steroid dienone is 1. The number of esters is 1. The SMILES string of the molecule is COCCOC(=O)C1=C(C)Nc2nnnn2[C@H]1c1ccc(Br)cc1OC. The summed E-state index contributed by atoms with van der Waals surface area (Å²) in [5.41, 5.74) is 1.76. The minimum absolute atomic E-state index is 0.152. The average Bonchev–Trinajstić information content (AvgIpc) is 3.08. The molecule has 1 aliphatic heterocycles. The molecule has 9 nitrogen and oxygen atoms in total. The molecule has 0 saturated heterocycles. The van der Waals surface area contributed by atoms with Crippen molar-refractivity contribution in [3.8, 4) is 5.75 Å². The number of hydrogen-bond acceptors (Lipinski definition) is 8. The highest BCUT2D eigenvalue weighted by Gasteiger charge is 2.36. The molecule has 138 valence electrons. The van der Waals surface area contributed by atoms with Crippen molar-refractivity contribution in [2.45, 2.75) is 13.0 Å². The van der Waals surface area contributed by atoms with Crippen molar-refractivity contribution in [1.82, 2.24) is 20.2 Å². The Balaban J connectivity index is 2.08. The molecule has 0 amide bonds. The van der Waals surface area contributed by atoms with Gasteiger partial charge in [-0.15, -0.1) is 0 Å². The van der Waals surface area contributed by atoms with Gasteiger partial charge in [-0.2, -0.15) is 4.68 Å². The van der Waals surface area contributed by atoms with Crippen LogP contribution in [0.25, 0.3) is 0 Å². The lowest BCUT2D eigenvalue weighted by Gasteiger charge is -2.28. The Kier molecular flexibility index (Phi) is 5.52. The van der Waals surface area contributed by atoms with E-state index in [2.05, 4.69) is 36.8 Å². The van der Waals surface area contributed by atoms with Gasteiger partial charge in [0, 0.05) is 22.8 Å². The minimum atomic E-state index is -0.584. The molecule has 0 bridgehead atoms. The molecule has 0 spiro atoms. The highest BCUT2D eigenvalue weighted by Crippen LogP contribution is 2.39. The maximum absolute atomic E-state index is 12.8. The number of carbonyl (C=O) groups is 1. The van der Waals surface area contributed by atoms with Crippen molar-refractivity contribution in [1.29, 1.82) is 0 Å². The van der Waals surface area contributed by atoms with Gasteiger partial charge in [0.05, 0.1) is 19.3 Å². The number of nitrogens with zero attached hydrogens (tertiary/aromatic N) is 4. The first-order chi connectivity index (χ1) is 12.6. The van der Waals surface area contributed by atoms with Crippen LogP contribution in [0.15, 0.2) is 33.9 Å². The molecular weight excluding hydrogens is 406 g/mol. The molecule has 0 aliphatic carbocycles. The number of fused-ring (bicyclic) bond motifs is 1. The van der Waals surface area contributed by atoms with Gasteiger partial charge >= 0.3 is 5.97 Å². The predicted molar refractivity (Wildman–Crippen MR) is 95.8 cm³/mol. The van der Waals surface area contributed by atoms with Gasteiger partial charge in [0.25, 0.3) is 0 Å². The first kappa shape index (κ1) is 18.3. The standard InChI is InChI=1S/C16H18BrN5O4/c1-9-13(15(23)26-7-6-24-2)14(22-16(18-9)19-20-21-22)11-5-4-10(17)8-12(11)25-3/h4-5,8,14H,6-7H2,1-3H3,(H,18,19,21)/t14-/m0/s1. The topological polar surface area (TPSA) is 100 Å². The summed E-state index contributed by atoms with van der Waals surface area (Å²) in [6, 6.07) is 4.97. The average molecular weight is 424 g/mol. The van der Waals surface area contributed by atoms with E-state index in [0.29, 0.717) is 29.6 Å². The summed E-state index contributed by atoms with van der Waals surface area (Å²) in [6.07, 6.45) is 0. The second-order valence-electron chi connectivity index (χ2n) is 5.53. The van der Waals surface area contributed by atoms with Gasteiger partial charge in [0.15, 0.2) is 0 Å². The number of tetrazole rings is 1. The summed E-state index contributed by atoms with van der Waals surface area (Å²) in [6.45, 7) is 2.25. The summed E-state index contributed by atoms with van der Waals surface area (Å²) in [7, 11) is 3.11. The van der Waals surface area contributed by atoms with E-state index >= 15 is 0 Å². The van der Waals surface area contributed by atoms with Crippen molar-refractivity contribution in [3.63, 3.8) is 0 Å². The molecule has 10 heteroatoms. The van der Waals surface area contributed by atoms with Crippen molar-refractivity contribution >= 4 is 27.8 Å². The molecule has 0 saturated carbocycles. The summed E-state index contributed by atoms with van der Waals surface area (Å²) in [5.74, 6) is 0.566. The molecule has 1 atom stereocenters. The van der Waals surface area contributed by atoms with Crippen molar-refractivity contribution in [2.75, 3.05) is 32.8 Å². The lowest BCUT2D eigenvalue weighted by atomic mass is 9.95. The Bertz CT molecular complexity index is 851. The van der Waals surface area contributed by atoms with Crippen LogP contribution in [0.2, 0.25) is 0 Å². The Hall–Kier alpha value is -2.46. The summed E-state index contributed by atoms with van der Waals surface area (Å²) in [5, 5.41) is 14.7. The smallest absolute Gasteiger partial charge is 0.338 e. The quantitative estimate of drug-likeness (QED) is 0.555. The van der Waals surface area contributed by atoms with Crippen molar-refractivity contribution in [2.24, 2.45) is 0 Å². The zero-order valence-corrected chi connectivity index (χ0v) is 16.1. The number of methoxy groups -OCH3 is 2. The van der Waals surface area contributed by atoms with Gasteiger partial charge in [0.1, 0.15) is 18.4 Å². The van der Waals surface area contributed by atoms with E-state index in [4.69, 9.17) is 14.2 Å². The van der Waals surface area contributed by atoms with Crippen LogP contribution in [0.4, 0.5) is 5.95 Å². The number of benzene rings is 1. The lowest BCUT2D eigenvalue weighted by molar-refractivity contribution is -0.140. The van der Waals surface area contributed by atoms with Gasteiger partial charge in [-0.05, 0) is 29.5 Å². The van der Waals surface area contributed by atoms with E-state index in [0.717, 1.165) is 10.0 Å². The molecule has 1 N–H and O–H groups in total. The maximum atomic E-state index is 12.8. The van der Waals surface area contributed by atoms with E-state index < -0.39 is 12.0 Å². The van der Waals surface area contributed by atoms with Gasteiger partial charge in [-0.25, -0.2) is 4.79 Å². The van der Waals surface area contributed by atoms with E-state index in [9.17, 15) is 4.79 Å². The van der Waals surface area contributed by atoms with Crippen molar-refractivity contribution < 1.29 is 19.0 Å². The van der Waals surface area contributed by atoms with Crippen LogP contribution < -0.4 is 10.1 Å². The molecule has 1 aromatic heterocycles. The molecule has 1 aromatic carbocycles. The Labute approximate surface area is 158 Å². The monoisotopic (exact) mass is 423 g/mol. The van der Waals surface area contributed by atoms with Crippen LogP contribution in [0.5, 0.6) is 5.75 Å². The van der Waals surface area contributed by atoms with Gasteiger partial charge in [-0.3, -0.25) is 0 Å². The summed E-state index contributed by atoms with van der Waals surface area (Å²) in [4.78, 5) is 12.8. The van der Waals surface area contributed by atoms with E-state index in [1.54, 1.807) is 21.1 Å². The Morgan fingerprint density at radius 2 is 2.15 bits per heavy atom. The molecular formula is C16H18BrN5O4. The predicted octanol–water partition coefficient (Wildman–Crippen LogP) is 1.92. The minimum Gasteiger partial charge on any atom is -0.496 e. The number of carbonyl (C=O) groups excluding carboxylic acids is 1. The molecule has 3 rings (SSSR count). The molecule has 2 heterocycles. The van der Waals surface area contributed by atoms with Crippen LogP contribution in [-0.4, -0.2) is 53.6 Å². The van der Waals surface area contributed by atoms with Crippen LogP contribution in [-0.2, 0) is 14.3 Å². The highest BCUT2D eigenvalue weighted by molar-refractivity contribution is 9.10. The fourth-order valence-electron chi connectivity index (χ4n) is 2.77. The summed E-state index contributed by atoms with van der Waals surface area (Å²) < 4.78 is 18.2. The number of nitrogens with one attached hydrogen (secondary N) is 1. The van der Waals surface area contributed by atoms with Gasteiger partial charge in [0.2, 0.25) is 5.95 Å². The van der Waals surface area contributed by atoms with E-state index in [1.807, 2.05) is 18.2 Å². The lowest BCUT2D eigenvalue weighted by Crippen LogP contribution is -2.30. The molecule has 0 radical (unpaired) electrons. The third kappa shape index (κ3) is 3.42. The van der Waals surface area contributed by atoms with E-state index in [1.165, 1.54) is 4.68 Å². The number of aromatic nitrogens is 4. The number of hydrogen-bond donors (Lipinski definition) is 1. The molecule has 2 aromatic rings. The molecule has 0 unspecified atom stereocenters. The first-order valence-corrected chi connectivity index (χ1v) is 8.61. The maximum Gasteiger partial charge on any atom is 0.338 e. The number of ether oxygens (including phenoxy) is 3.